The van der Waals surface area contributed by atoms with Crippen molar-refractivity contribution in [2.45, 2.75) is 11.1 Å². The van der Waals surface area contributed by atoms with Crippen LogP contribution in [0.4, 0.5) is 13.2 Å². The van der Waals surface area contributed by atoms with E-state index in [2.05, 4.69) is 4.98 Å². The molecule has 1 aromatic carbocycles. The zero-order valence-corrected chi connectivity index (χ0v) is 11.7. The van der Waals surface area contributed by atoms with E-state index in [0.717, 1.165) is 4.90 Å². The van der Waals surface area contributed by atoms with Gasteiger partial charge in [0.2, 0.25) is 0 Å². The minimum atomic E-state index is -4.78. The SMILES string of the molecule is CSc1ccc(-c2nc(C(F)(F)F)c(C(=O)O)s2)cc1. The number of halogens is 3. The third-order valence-corrected chi connectivity index (χ3v) is 4.26. The zero-order chi connectivity index (χ0) is 14.9. The number of aromatic carboxylic acids is 1. The largest absolute Gasteiger partial charge is 0.477 e. The third-order valence-electron chi connectivity index (χ3n) is 2.43. The van der Waals surface area contributed by atoms with Crippen LogP contribution in [0.15, 0.2) is 29.2 Å². The standard InChI is InChI=1S/C12H8F3NO2S2/c1-19-7-4-2-6(3-5-7)10-16-9(12(13,14)15)8(20-10)11(17)18/h2-5H,1H3,(H,17,18). The second-order valence-corrected chi connectivity index (χ2v) is 5.61. The fraction of sp³-hybridized carbons (Fsp3) is 0.167. The first-order valence-electron chi connectivity index (χ1n) is 5.28. The van der Waals surface area contributed by atoms with E-state index in [9.17, 15) is 18.0 Å². The number of carboxylic acid groups (broad SMARTS) is 1. The van der Waals surface area contributed by atoms with Crippen LogP contribution in [0.2, 0.25) is 0 Å². The van der Waals surface area contributed by atoms with Gasteiger partial charge in [0.25, 0.3) is 0 Å². The molecule has 0 saturated carbocycles. The monoisotopic (exact) mass is 319 g/mol. The van der Waals surface area contributed by atoms with Gasteiger partial charge in [0.1, 0.15) is 9.88 Å². The number of carboxylic acids is 1. The molecule has 2 rings (SSSR count). The first kappa shape index (κ1) is 14.9. The van der Waals surface area contributed by atoms with E-state index in [1.165, 1.54) is 11.8 Å². The van der Waals surface area contributed by atoms with Crippen LogP contribution in [-0.4, -0.2) is 22.3 Å². The number of benzene rings is 1. The fourth-order valence-corrected chi connectivity index (χ4v) is 2.85. The Morgan fingerprint density at radius 2 is 1.90 bits per heavy atom. The molecule has 1 aromatic heterocycles. The highest BCUT2D eigenvalue weighted by Crippen LogP contribution is 2.37. The van der Waals surface area contributed by atoms with Crippen LogP contribution < -0.4 is 0 Å². The Bertz CT molecular complexity index is 635. The quantitative estimate of drug-likeness (QED) is 0.859. The third kappa shape index (κ3) is 2.96. The topological polar surface area (TPSA) is 50.2 Å². The van der Waals surface area contributed by atoms with Gasteiger partial charge < -0.3 is 5.11 Å². The lowest BCUT2D eigenvalue weighted by Crippen LogP contribution is -2.11. The van der Waals surface area contributed by atoms with Crippen LogP contribution >= 0.6 is 23.1 Å². The summed E-state index contributed by atoms with van der Waals surface area (Å²) < 4.78 is 38.2. The van der Waals surface area contributed by atoms with Crippen molar-refractivity contribution in [2.75, 3.05) is 6.26 Å². The molecule has 0 amide bonds. The second-order valence-electron chi connectivity index (χ2n) is 3.73. The van der Waals surface area contributed by atoms with E-state index in [0.29, 0.717) is 16.9 Å². The molecule has 0 bridgehead atoms. The summed E-state index contributed by atoms with van der Waals surface area (Å²) in [6.07, 6.45) is -2.90. The summed E-state index contributed by atoms with van der Waals surface area (Å²) in [5.41, 5.74) is -0.884. The van der Waals surface area contributed by atoms with Gasteiger partial charge in [0.15, 0.2) is 5.69 Å². The van der Waals surface area contributed by atoms with Crippen molar-refractivity contribution in [2.24, 2.45) is 0 Å². The first-order chi connectivity index (χ1) is 9.32. The van der Waals surface area contributed by atoms with Gasteiger partial charge in [-0.25, -0.2) is 9.78 Å². The highest BCUT2D eigenvalue weighted by Gasteiger charge is 2.39. The first-order valence-corrected chi connectivity index (χ1v) is 7.33. The van der Waals surface area contributed by atoms with Gasteiger partial charge in [-0.3, -0.25) is 0 Å². The molecule has 0 spiro atoms. The van der Waals surface area contributed by atoms with Crippen molar-refractivity contribution in [1.29, 1.82) is 0 Å². The van der Waals surface area contributed by atoms with Crippen molar-refractivity contribution >= 4 is 29.1 Å². The number of hydrogen-bond donors (Lipinski definition) is 1. The van der Waals surface area contributed by atoms with Crippen LogP contribution in [0.25, 0.3) is 10.6 Å². The van der Waals surface area contributed by atoms with Crippen molar-refractivity contribution in [3.8, 4) is 10.6 Å². The van der Waals surface area contributed by atoms with Crippen molar-refractivity contribution in [3.63, 3.8) is 0 Å². The zero-order valence-electron chi connectivity index (χ0n) is 10.1. The van der Waals surface area contributed by atoms with E-state index in [1.54, 1.807) is 24.3 Å². The lowest BCUT2D eigenvalue weighted by Gasteiger charge is -2.02. The van der Waals surface area contributed by atoms with Gasteiger partial charge in [0.05, 0.1) is 0 Å². The molecule has 2 aromatic rings. The summed E-state index contributed by atoms with van der Waals surface area (Å²) in [6, 6.07) is 6.73. The number of thioether (sulfide) groups is 1. The molecule has 1 N–H and O–H groups in total. The molecule has 0 fully saturated rings. The summed E-state index contributed by atoms with van der Waals surface area (Å²) in [5.74, 6) is -1.62. The van der Waals surface area contributed by atoms with Crippen LogP contribution in [-0.2, 0) is 6.18 Å². The lowest BCUT2D eigenvalue weighted by atomic mass is 10.2. The number of alkyl halides is 3. The number of carbonyl (C=O) groups is 1. The Balaban J connectivity index is 2.50. The Labute approximate surface area is 120 Å². The van der Waals surface area contributed by atoms with E-state index < -0.39 is 22.7 Å². The smallest absolute Gasteiger partial charge is 0.435 e. The van der Waals surface area contributed by atoms with Crippen molar-refractivity contribution in [1.82, 2.24) is 4.98 Å². The molecule has 0 atom stereocenters. The van der Waals surface area contributed by atoms with Gasteiger partial charge >= 0.3 is 12.1 Å². The van der Waals surface area contributed by atoms with Gasteiger partial charge in [0, 0.05) is 10.5 Å². The van der Waals surface area contributed by atoms with Crippen LogP contribution in [0.3, 0.4) is 0 Å². The Morgan fingerprint density at radius 3 is 2.30 bits per heavy atom. The average Bonchev–Trinajstić information content (AvgIpc) is 2.84. The molecular weight excluding hydrogens is 311 g/mol. The van der Waals surface area contributed by atoms with E-state index in [1.807, 2.05) is 6.26 Å². The van der Waals surface area contributed by atoms with Crippen molar-refractivity contribution < 1.29 is 23.1 Å². The number of aromatic nitrogens is 1. The van der Waals surface area contributed by atoms with E-state index in [-0.39, 0.29) is 5.01 Å². The predicted octanol–water partition coefficient (Wildman–Crippen LogP) is 4.25. The number of thiazole rings is 1. The molecule has 0 radical (unpaired) electrons. The van der Waals surface area contributed by atoms with Gasteiger partial charge in [-0.15, -0.1) is 23.1 Å². The Morgan fingerprint density at radius 1 is 1.30 bits per heavy atom. The highest BCUT2D eigenvalue weighted by atomic mass is 32.2. The van der Waals surface area contributed by atoms with Crippen LogP contribution in [0.1, 0.15) is 15.4 Å². The predicted molar refractivity (Wildman–Crippen MR) is 71.3 cm³/mol. The molecule has 1 heterocycles. The lowest BCUT2D eigenvalue weighted by molar-refractivity contribution is -0.141. The van der Waals surface area contributed by atoms with Crippen LogP contribution in [0, 0.1) is 0 Å². The van der Waals surface area contributed by atoms with Gasteiger partial charge in [-0.2, -0.15) is 13.2 Å². The molecule has 8 heteroatoms. The Hall–Kier alpha value is -1.54. The average molecular weight is 319 g/mol. The molecule has 20 heavy (non-hydrogen) atoms. The van der Waals surface area contributed by atoms with E-state index >= 15 is 0 Å². The maximum atomic E-state index is 12.7. The molecular formula is C12H8F3NO2S2. The van der Waals surface area contributed by atoms with E-state index in [4.69, 9.17) is 5.11 Å². The number of rotatable bonds is 3. The highest BCUT2D eigenvalue weighted by molar-refractivity contribution is 7.98. The molecule has 0 unspecified atom stereocenters. The molecule has 0 aliphatic carbocycles. The summed E-state index contributed by atoms with van der Waals surface area (Å²) in [7, 11) is 0. The molecule has 3 nitrogen and oxygen atoms in total. The van der Waals surface area contributed by atoms with Gasteiger partial charge in [-0.05, 0) is 18.4 Å². The molecule has 106 valence electrons. The minimum Gasteiger partial charge on any atom is -0.477 e. The molecule has 0 saturated heterocycles. The summed E-state index contributed by atoms with van der Waals surface area (Å²) in [6.45, 7) is 0. The molecule has 0 aliphatic heterocycles. The van der Waals surface area contributed by atoms with Crippen molar-refractivity contribution in [3.05, 3.63) is 34.8 Å². The molecule has 0 aliphatic rings. The number of nitrogens with zero attached hydrogens (tertiary/aromatic N) is 1. The summed E-state index contributed by atoms with van der Waals surface area (Å²) >= 11 is 2.02. The maximum absolute atomic E-state index is 12.7. The Kier molecular flexibility index (Phi) is 4.05. The summed E-state index contributed by atoms with van der Waals surface area (Å²) in [4.78, 5) is 14.5. The normalized spacial score (nSPS) is 11.6. The minimum absolute atomic E-state index is 0.0439. The second kappa shape index (κ2) is 5.45. The maximum Gasteiger partial charge on any atom is 0.435 e. The van der Waals surface area contributed by atoms with Crippen LogP contribution in [0.5, 0.6) is 0 Å². The summed E-state index contributed by atoms with van der Waals surface area (Å²) in [5, 5.41) is 8.88. The van der Waals surface area contributed by atoms with Gasteiger partial charge in [-0.1, -0.05) is 12.1 Å². The number of hydrogen-bond acceptors (Lipinski definition) is 4. The fourth-order valence-electron chi connectivity index (χ4n) is 1.51.